The summed E-state index contributed by atoms with van der Waals surface area (Å²) in [5, 5.41) is 22.7. The molecule has 0 saturated heterocycles. The molecule has 25 rings (SSSR count). The molecule has 15 aromatic carbocycles. The van der Waals surface area contributed by atoms with E-state index in [2.05, 4.69) is 264 Å². The summed E-state index contributed by atoms with van der Waals surface area (Å²) in [5.41, 5.74) is 18.5. The van der Waals surface area contributed by atoms with Crippen molar-refractivity contribution < 1.29 is 13.3 Å². The van der Waals surface area contributed by atoms with Crippen molar-refractivity contribution in [1.29, 1.82) is 0 Å². The summed E-state index contributed by atoms with van der Waals surface area (Å²) >= 11 is 5.61. The van der Waals surface area contributed by atoms with Crippen LogP contribution in [0, 0.1) is 0 Å². The Balaban J connectivity index is 0.0000000818. The van der Waals surface area contributed by atoms with Crippen molar-refractivity contribution in [3.63, 3.8) is 0 Å². The molecule has 470 valence electrons. The van der Waals surface area contributed by atoms with Gasteiger partial charge in [-0.05, 0) is 138 Å². The number of rotatable bonds is 0. The lowest BCUT2D eigenvalue weighted by Gasteiger charge is -2.01. The zero-order valence-electron chi connectivity index (χ0n) is 53.5. The second-order valence-corrected chi connectivity index (χ2v) is 29.1. The van der Waals surface area contributed by atoms with E-state index < -0.39 is 0 Å². The van der Waals surface area contributed by atoms with Crippen molar-refractivity contribution in [2.24, 2.45) is 0 Å². The van der Waals surface area contributed by atoms with Crippen molar-refractivity contribution in [2.75, 3.05) is 0 Å². The van der Waals surface area contributed by atoms with E-state index >= 15 is 0 Å². The maximum absolute atomic E-state index is 6.14. The highest BCUT2D eigenvalue weighted by molar-refractivity contribution is 7.26. The first-order valence-corrected chi connectivity index (χ1v) is 36.2. The van der Waals surface area contributed by atoms with Crippen LogP contribution >= 0.6 is 34.0 Å². The second-order valence-electron chi connectivity index (χ2n) is 25.9. The lowest BCUT2D eigenvalue weighted by molar-refractivity contribution is 0.669. The number of hydrogen-bond donors (Lipinski definition) is 3. The van der Waals surface area contributed by atoms with Crippen molar-refractivity contribution in [2.45, 2.75) is 6.42 Å². The van der Waals surface area contributed by atoms with Gasteiger partial charge in [0.25, 0.3) is 0 Å². The number of H-pyrrole nitrogens is 3. The molecule has 0 spiro atoms. The Bertz CT molecular complexity index is 7110. The van der Waals surface area contributed by atoms with Crippen LogP contribution in [0.3, 0.4) is 0 Å². The number of benzene rings is 15. The van der Waals surface area contributed by atoms with Crippen molar-refractivity contribution in [3.8, 4) is 11.1 Å². The fourth-order valence-electron chi connectivity index (χ4n) is 15.7. The van der Waals surface area contributed by atoms with Gasteiger partial charge in [-0.2, -0.15) is 0 Å². The molecule has 0 bridgehead atoms. The molecule has 0 unspecified atom stereocenters. The minimum Gasteiger partial charge on any atom is -0.456 e. The summed E-state index contributed by atoms with van der Waals surface area (Å²) in [5.74, 6) is 0. The minimum atomic E-state index is 0.939. The molecule has 9 aromatic heterocycles. The monoisotopic (exact) mass is 1330 g/mol. The Labute approximate surface area is 581 Å². The number of fused-ring (bicyclic) bond motifs is 33. The number of aromatic nitrogens is 3. The molecule has 24 aromatic rings. The molecule has 9 heterocycles. The molecular formula is C91H55N3O3S3. The quantitative estimate of drug-likeness (QED) is 0.141. The molecule has 0 aliphatic heterocycles. The van der Waals surface area contributed by atoms with E-state index in [1.807, 2.05) is 88.6 Å². The molecule has 0 radical (unpaired) electrons. The van der Waals surface area contributed by atoms with Crippen LogP contribution < -0.4 is 0 Å². The van der Waals surface area contributed by atoms with Crippen LogP contribution in [0.15, 0.2) is 317 Å². The summed E-state index contributed by atoms with van der Waals surface area (Å²) in [4.78, 5) is 10.5. The van der Waals surface area contributed by atoms with Crippen molar-refractivity contribution in [1.82, 2.24) is 15.0 Å². The van der Waals surface area contributed by atoms with Gasteiger partial charge in [-0.3, -0.25) is 0 Å². The summed E-state index contributed by atoms with van der Waals surface area (Å²) in [7, 11) is 0. The van der Waals surface area contributed by atoms with Crippen LogP contribution in [0.5, 0.6) is 0 Å². The van der Waals surface area contributed by atoms with Gasteiger partial charge >= 0.3 is 0 Å². The molecule has 0 fully saturated rings. The molecule has 0 amide bonds. The third-order valence-corrected chi connectivity index (χ3v) is 23.6. The van der Waals surface area contributed by atoms with Gasteiger partial charge in [0.05, 0.1) is 5.52 Å². The number of para-hydroxylation sites is 6. The van der Waals surface area contributed by atoms with E-state index in [0.29, 0.717) is 0 Å². The Kier molecular flexibility index (Phi) is 12.9. The topological polar surface area (TPSA) is 86.8 Å². The minimum absolute atomic E-state index is 0.939. The summed E-state index contributed by atoms with van der Waals surface area (Å²) in [6.07, 6.45) is 1.08. The van der Waals surface area contributed by atoms with Crippen LogP contribution in [0.25, 0.3) is 203 Å². The average Bonchev–Trinajstić information content (AvgIpc) is 1.61. The Hall–Kier alpha value is -12.2. The fraction of sp³-hybridized carbons (Fsp3) is 0.0110. The van der Waals surface area contributed by atoms with E-state index in [4.69, 9.17) is 13.3 Å². The molecule has 100 heavy (non-hydrogen) atoms. The SMILES string of the molecule is c1ccc2c(c1)Cc1cc3sc4ccccc4c3cc1-2.c1ccc2c(c1)[nH]c1c2ccc2c3ccccc3oc21.c1ccc2c(c1)[nH]c1cc3c(cc12)oc1ccccc13.c1ccc2c(c1)[nH]c1ccc3sc4ccccc4c3c12.c1ccc2c(c1)oc1c2ccc2sc3ccccc3c21. The molecule has 1 aliphatic carbocycles. The van der Waals surface area contributed by atoms with E-state index in [0.717, 1.165) is 56.5 Å². The zero-order chi connectivity index (χ0) is 65.5. The molecular weight excluding hydrogens is 1280 g/mol. The highest BCUT2D eigenvalue weighted by Gasteiger charge is 2.21. The Morgan fingerprint density at radius 2 is 0.700 bits per heavy atom. The van der Waals surface area contributed by atoms with Gasteiger partial charge in [0.15, 0.2) is 5.58 Å². The molecule has 6 nitrogen and oxygen atoms in total. The fourth-order valence-corrected chi connectivity index (χ4v) is 19.0. The van der Waals surface area contributed by atoms with E-state index in [1.54, 1.807) is 0 Å². The summed E-state index contributed by atoms with van der Waals surface area (Å²) in [6, 6.07) is 107. The Morgan fingerprint density at radius 1 is 0.220 bits per heavy atom. The molecule has 1 aliphatic rings. The molecule has 3 N–H and O–H groups in total. The van der Waals surface area contributed by atoms with Crippen molar-refractivity contribution >= 4 is 226 Å². The first-order valence-electron chi connectivity index (χ1n) is 33.7. The smallest absolute Gasteiger partial charge is 0.159 e. The van der Waals surface area contributed by atoms with Crippen LogP contribution in [0.2, 0.25) is 0 Å². The van der Waals surface area contributed by atoms with E-state index in [9.17, 15) is 0 Å². The van der Waals surface area contributed by atoms with Crippen LogP contribution in [-0.2, 0) is 6.42 Å². The average molecular weight is 1330 g/mol. The van der Waals surface area contributed by atoms with Gasteiger partial charge in [-0.25, -0.2) is 0 Å². The number of aromatic amines is 3. The largest absolute Gasteiger partial charge is 0.456 e. The predicted octanol–water partition coefficient (Wildman–Crippen LogP) is 27.7. The van der Waals surface area contributed by atoms with E-state index in [1.165, 1.54) is 164 Å². The van der Waals surface area contributed by atoms with Crippen LogP contribution in [-0.4, -0.2) is 15.0 Å². The lowest BCUT2D eigenvalue weighted by Crippen LogP contribution is -1.78. The van der Waals surface area contributed by atoms with Gasteiger partial charge in [0.2, 0.25) is 0 Å². The maximum atomic E-state index is 6.14. The first-order chi connectivity index (χ1) is 49.5. The van der Waals surface area contributed by atoms with Crippen LogP contribution in [0.4, 0.5) is 0 Å². The highest BCUT2D eigenvalue weighted by Crippen LogP contribution is 2.46. The van der Waals surface area contributed by atoms with Crippen molar-refractivity contribution in [3.05, 3.63) is 314 Å². The zero-order valence-corrected chi connectivity index (χ0v) is 56.0. The third kappa shape index (κ3) is 9.06. The number of furan rings is 3. The normalized spacial score (nSPS) is 12.2. The number of nitrogens with one attached hydrogen (secondary N) is 3. The standard InChI is InChI=1S/C19H12S.2C18H11NO.C18H11NS.C18H10OS/c1-2-6-14-12(5-1)9-13-10-19-17(11-16(13)14)15-7-3-4-8-18(15)20-19;1-3-7-15-11(5-1)13-10-18-14(9-16(13)19-15)12-6-2-4-8-17(12)20-18;1-3-7-15-11(5-1)13-9-10-14-12-6-2-4-8-16(12)20-18(14)17(13)19-15;1-3-7-13-11(5-1)17-14(19-13)9-10-16-18(17)12-6-2-4-8-15(12)20-16;1-3-7-14-11(5-1)12-9-10-16-17(18(12)19-14)13-6-2-4-8-15(13)20-16/h1-8,10-11H,9H2;3*1-10,19H;1-10H. The number of hydrogen-bond acceptors (Lipinski definition) is 6. The molecule has 9 heteroatoms. The third-order valence-electron chi connectivity index (χ3n) is 20.2. The molecule has 0 saturated carbocycles. The maximum Gasteiger partial charge on any atom is 0.159 e. The van der Waals surface area contributed by atoms with Gasteiger partial charge in [0.1, 0.15) is 27.9 Å². The first kappa shape index (κ1) is 56.9. The number of thiophene rings is 3. The van der Waals surface area contributed by atoms with Gasteiger partial charge in [-0.1, -0.05) is 194 Å². The van der Waals surface area contributed by atoms with Gasteiger partial charge < -0.3 is 28.2 Å². The van der Waals surface area contributed by atoms with Crippen LogP contribution in [0.1, 0.15) is 11.1 Å². The lowest BCUT2D eigenvalue weighted by atomic mass is 10.0. The second kappa shape index (κ2) is 22.7. The molecule has 0 atom stereocenters. The summed E-state index contributed by atoms with van der Waals surface area (Å²) < 4.78 is 26.3. The van der Waals surface area contributed by atoms with Gasteiger partial charge in [-0.15, -0.1) is 34.0 Å². The predicted molar refractivity (Wildman–Crippen MR) is 429 cm³/mol. The summed E-state index contributed by atoms with van der Waals surface area (Å²) in [6.45, 7) is 0. The highest BCUT2D eigenvalue weighted by atomic mass is 32.1. The van der Waals surface area contributed by atoms with E-state index in [-0.39, 0.29) is 0 Å². The van der Waals surface area contributed by atoms with Gasteiger partial charge in [0, 0.05) is 153 Å². The Morgan fingerprint density at radius 3 is 1.42 bits per heavy atom.